The molecule has 192 valence electrons. The van der Waals surface area contributed by atoms with E-state index in [1.165, 1.54) is 12.1 Å². The fourth-order valence-electron chi connectivity index (χ4n) is 5.50. The summed E-state index contributed by atoms with van der Waals surface area (Å²) >= 11 is 3.44. The molecule has 1 saturated carbocycles. The molecule has 9 heteroatoms. The van der Waals surface area contributed by atoms with Gasteiger partial charge in [-0.25, -0.2) is 0 Å². The average molecular weight is 562 g/mol. The third kappa shape index (κ3) is 5.57. The zero-order valence-corrected chi connectivity index (χ0v) is 21.5. The van der Waals surface area contributed by atoms with Gasteiger partial charge in [-0.15, -0.1) is 0 Å². The predicted molar refractivity (Wildman–Crippen MR) is 135 cm³/mol. The fourth-order valence-corrected chi connectivity index (χ4v) is 5.77. The van der Waals surface area contributed by atoms with Crippen molar-refractivity contribution < 1.29 is 23.1 Å². The Hall–Kier alpha value is -2.52. The molecule has 0 radical (unpaired) electrons. The van der Waals surface area contributed by atoms with E-state index in [1.807, 2.05) is 24.3 Å². The van der Waals surface area contributed by atoms with E-state index >= 15 is 0 Å². The molecule has 2 bridgehead atoms. The van der Waals surface area contributed by atoms with Gasteiger partial charge in [-0.05, 0) is 80.1 Å². The summed E-state index contributed by atoms with van der Waals surface area (Å²) in [7, 11) is 0. The van der Waals surface area contributed by atoms with Crippen molar-refractivity contribution in [2.45, 2.75) is 56.2 Å². The number of ether oxygens (including phenoxy) is 1. The number of halogens is 3. The van der Waals surface area contributed by atoms with Crippen LogP contribution in [0.2, 0.25) is 0 Å². The standard InChI is InChI=1S/C27H30BrF2N3O3/c28-20-5-1-17(2-6-20)15-22(24(34)31-23-16-33-13-9-18(23)10-14-33)32-25(35)27(11-12-27)19-3-7-21(8-4-19)36-26(29)30/h1-8,18,22-23,26H,9-16H2,(H,31,34)(H,32,35)/t22?,23-/m1/s1. The Balaban J connectivity index is 1.31. The van der Waals surface area contributed by atoms with Crippen LogP contribution in [-0.4, -0.2) is 55.0 Å². The van der Waals surface area contributed by atoms with Crippen LogP contribution in [-0.2, 0) is 21.4 Å². The van der Waals surface area contributed by atoms with Gasteiger partial charge in [-0.3, -0.25) is 9.59 Å². The molecular weight excluding hydrogens is 532 g/mol. The van der Waals surface area contributed by atoms with Crippen molar-refractivity contribution in [1.82, 2.24) is 15.5 Å². The van der Waals surface area contributed by atoms with Crippen LogP contribution in [0.1, 0.15) is 36.8 Å². The summed E-state index contributed by atoms with van der Waals surface area (Å²) in [6.07, 6.45) is 3.83. The van der Waals surface area contributed by atoms with Crippen LogP contribution in [0.5, 0.6) is 5.75 Å². The Labute approximate surface area is 217 Å². The van der Waals surface area contributed by atoms with Gasteiger partial charge in [0.2, 0.25) is 11.8 Å². The maximum Gasteiger partial charge on any atom is 0.387 e. The number of carbonyl (C=O) groups is 2. The van der Waals surface area contributed by atoms with Crippen LogP contribution in [0.3, 0.4) is 0 Å². The summed E-state index contributed by atoms with van der Waals surface area (Å²) in [5.41, 5.74) is 0.935. The van der Waals surface area contributed by atoms with Crippen LogP contribution in [0.15, 0.2) is 53.0 Å². The monoisotopic (exact) mass is 561 g/mol. The zero-order chi connectivity index (χ0) is 25.3. The predicted octanol–water partition coefficient (Wildman–Crippen LogP) is 4.02. The van der Waals surface area contributed by atoms with E-state index in [-0.39, 0.29) is 23.6 Å². The minimum Gasteiger partial charge on any atom is -0.435 e. The Morgan fingerprint density at radius 1 is 1.06 bits per heavy atom. The van der Waals surface area contributed by atoms with E-state index in [0.29, 0.717) is 25.2 Å². The smallest absolute Gasteiger partial charge is 0.387 e. The number of benzene rings is 2. The first kappa shape index (κ1) is 25.1. The maximum absolute atomic E-state index is 13.5. The molecule has 4 aliphatic rings. The third-order valence-electron chi connectivity index (χ3n) is 7.78. The van der Waals surface area contributed by atoms with E-state index < -0.39 is 18.1 Å². The molecule has 0 spiro atoms. The Kier molecular flexibility index (Phi) is 7.30. The SMILES string of the molecule is O=C(N[C@@H]1CN2CCC1CC2)C(Cc1ccc(Br)cc1)NC(=O)C1(c2ccc(OC(F)F)cc2)CC1. The van der Waals surface area contributed by atoms with Gasteiger partial charge in [0, 0.05) is 23.5 Å². The highest BCUT2D eigenvalue weighted by molar-refractivity contribution is 9.10. The van der Waals surface area contributed by atoms with E-state index in [9.17, 15) is 18.4 Å². The molecule has 3 heterocycles. The molecule has 3 aliphatic heterocycles. The lowest BCUT2D eigenvalue weighted by molar-refractivity contribution is -0.131. The molecule has 36 heavy (non-hydrogen) atoms. The summed E-state index contributed by atoms with van der Waals surface area (Å²) in [4.78, 5) is 29.4. The molecule has 2 atom stereocenters. The number of nitrogens with zero attached hydrogens (tertiary/aromatic N) is 1. The normalized spacial score (nSPS) is 24.7. The molecule has 6 nitrogen and oxygen atoms in total. The van der Waals surface area contributed by atoms with E-state index in [0.717, 1.165) is 48.1 Å². The number of hydrogen-bond donors (Lipinski definition) is 2. The van der Waals surface area contributed by atoms with Crippen molar-refractivity contribution in [2.75, 3.05) is 19.6 Å². The van der Waals surface area contributed by atoms with Crippen molar-refractivity contribution >= 4 is 27.7 Å². The zero-order valence-electron chi connectivity index (χ0n) is 19.9. The lowest BCUT2D eigenvalue weighted by atomic mass is 9.84. The van der Waals surface area contributed by atoms with Gasteiger partial charge in [0.15, 0.2) is 0 Å². The number of alkyl halides is 2. The molecule has 4 fully saturated rings. The van der Waals surface area contributed by atoms with Gasteiger partial charge in [0.1, 0.15) is 11.8 Å². The second-order valence-electron chi connectivity index (χ2n) is 10.1. The molecule has 1 unspecified atom stereocenters. The summed E-state index contributed by atoms with van der Waals surface area (Å²) in [6.45, 7) is 0.120. The van der Waals surface area contributed by atoms with Crippen molar-refractivity contribution in [3.63, 3.8) is 0 Å². The Morgan fingerprint density at radius 3 is 2.28 bits per heavy atom. The maximum atomic E-state index is 13.5. The quantitative estimate of drug-likeness (QED) is 0.485. The van der Waals surface area contributed by atoms with Crippen LogP contribution >= 0.6 is 15.9 Å². The van der Waals surface area contributed by atoms with Gasteiger partial charge >= 0.3 is 6.61 Å². The minimum absolute atomic E-state index is 0.0509. The number of fused-ring (bicyclic) bond motifs is 3. The number of rotatable bonds is 9. The van der Waals surface area contributed by atoms with Crippen LogP contribution in [0.25, 0.3) is 0 Å². The second-order valence-corrected chi connectivity index (χ2v) is 11.0. The van der Waals surface area contributed by atoms with Gasteiger partial charge in [-0.2, -0.15) is 8.78 Å². The van der Waals surface area contributed by atoms with E-state index in [4.69, 9.17) is 0 Å². The van der Waals surface area contributed by atoms with Gasteiger partial charge < -0.3 is 20.3 Å². The highest BCUT2D eigenvalue weighted by atomic mass is 79.9. The number of hydrogen-bond acceptors (Lipinski definition) is 4. The first-order valence-electron chi connectivity index (χ1n) is 12.5. The molecule has 3 saturated heterocycles. The third-order valence-corrected chi connectivity index (χ3v) is 8.30. The van der Waals surface area contributed by atoms with Gasteiger partial charge in [-0.1, -0.05) is 40.2 Å². The Morgan fingerprint density at radius 2 is 1.72 bits per heavy atom. The summed E-state index contributed by atoms with van der Waals surface area (Å²) in [5.74, 6) is 0.152. The second kappa shape index (κ2) is 10.5. The molecule has 0 aromatic heterocycles. The van der Waals surface area contributed by atoms with Crippen LogP contribution < -0.4 is 15.4 Å². The van der Waals surface area contributed by atoms with E-state index in [1.54, 1.807) is 12.1 Å². The fraction of sp³-hybridized carbons (Fsp3) is 0.481. The molecule has 2 amide bonds. The average Bonchev–Trinajstić information content (AvgIpc) is 3.68. The number of piperidine rings is 3. The number of nitrogens with one attached hydrogen (secondary N) is 2. The molecular formula is C27H30BrF2N3O3. The Bertz CT molecular complexity index is 1080. The van der Waals surface area contributed by atoms with Crippen LogP contribution in [0, 0.1) is 5.92 Å². The van der Waals surface area contributed by atoms with Gasteiger partial charge in [0.25, 0.3) is 0 Å². The molecule has 1 aliphatic carbocycles. The van der Waals surface area contributed by atoms with Crippen molar-refractivity contribution in [3.8, 4) is 5.75 Å². The lowest BCUT2D eigenvalue weighted by Crippen LogP contribution is -2.60. The summed E-state index contributed by atoms with van der Waals surface area (Å²) in [6, 6.07) is 13.3. The first-order chi connectivity index (χ1) is 17.3. The molecule has 2 aromatic carbocycles. The van der Waals surface area contributed by atoms with Crippen LogP contribution in [0.4, 0.5) is 8.78 Å². The van der Waals surface area contributed by atoms with Crippen molar-refractivity contribution in [3.05, 3.63) is 64.1 Å². The first-order valence-corrected chi connectivity index (χ1v) is 13.3. The summed E-state index contributed by atoms with van der Waals surface area (Å²) < 4.78 is 30.4. The largest absolute Gasteiger partial charge is 0.435 e. The molecule has 2 N–H and O–H groups in total. The molecule has 2 aromatic rings. The topological polar surface area (TPSA) is 70.7 Å². The highest BCUT2D eigenvalue weighted by Crippen LogP contribution is 2.48. The number of amides is 2. The van der Waals surface area contributed by atoms with Crippen molar-refractivity contribution in [1.29, 1.82) is 0 Å². The number of carbonyl (C=O) groups excluding carboxylic acids is 2. The van der Waals surface area contributed by atoms with Gasteiger partial charge in [0.05, 0.1) is 5.41 Å². The lowest BCUT2D eigenvalue weighted by Gasteiger charge is -2.45. The molecule has 6 rings (SSSR count). The van der Waals surface area contributed by atoms with E-state index in [2.05, 4.69) is 36.2 Å². The highest BCUT2D eigenvalue weighted by Gasteiger charge is 2.52. The minimum atomic E-state index is -2.90. The summed E-state index contributed by atoms with van der Waals surface area (Å²) in [5, 5.41) is 6.27. The van der Waals surface area contributed by atoms with Crippen molar-refractivity contribution in [2.24, 2.45) is 5.92 Å².